The Morgan fingerprint density at radius 2 is 1.40 bits per heavy atom. The minimum absolute atomic E-state index is 0.677. The third kappa shape index (κ3) is 12.3. The molecule has 0 spiro atoms. The number of hydrogen-bond acceptors (Lipinski definition) is 1. The van der Waals surface area contributed by atoms with Crippen LogP contribution in [0.2, 0.25) is 0 Å². The van der Waals surface area contributed by atoms with Crippen molar-refractivity contribution in [2.75, 3.05) is 0 Å². The smallest absolute Gasteiger partial charge is 0.0940 e. The van der Waals surface area contributed by atoms with Crippen molar-refractivity contribution in [2.24, 2.45) is 5.92 Å². The normalized spacial score (nSPS) is 12.1. The van der Waals surface area contributed by atoms with Crippen molar-refractivity contribution in [1.82, 2.24) is 0 Å². The van der Waals surface area contributed by atoms with Gasteiger partial charge in [0.05, 0.1) is 6.07 Å². The van der Waals surface area contributed by atoms with Crippen LogP contribution in [0.4, 0.5) is 0 Å². The highest BCUT2D eigenvalue weighted by Crippen LogP contribution is 2.21. The molecule has 0 saturated carbocycles. The number of hydrogen-bond donors (Lipinski definition) is 0. The Morgan fingerprint density at radius 1 is 0.900 bits per heavy atom. The van der Waals surface area contributed by atoms with Crippen molar-refractivity contribution in [3.05, 3.63) is 12.2 Å². The molecule has 20 heavy (non-hydrogen) atoms. The monoisotopic (exact) mass is 277 g/mol. The number of unbranched alkanes of at least 4 members (excludes halogenated alkanes) is 9. The quantitative estimate of drug-likeness (QED) is 0.253. The van der Waals surface area contributed by atoms with Crippen LogP contribution < -0.4 is 0 Å². The van der Waals surface area contributed by atoms with E-state index in [1.807, 2.05) is 0 Å². The fourth-order valence-corrected chi connectivity index (χ4v) is 2.77. The zero-order valence-electron chi connectivity index (χ0n) is 13.9. The highest BCUT2D eigenvalue weighted by molar-refractivity contribution is 5.15. The topological polar surface area (TPSA) is 23.8 Å². The Morgan fingerprint density at radius 3 is 1.85 bits per heavy atom. The molecule has 0 radical (unpaired) electrons. The molecule has 1 atom stereocenters. The first-order valence-corrected chi connectivity index (χ1v) is 8.82. The SMILES string of the molecule is C=C(C#N)C[C@H](CC)CCCCCCCCCCCC. The lowest BCUT2D eigenvalue weighted by Gasteiger charge is -2.13. The first-order chi connectivity index (χ1) is 9.74. The van der Waals surface area contributed by atoms with Crippen LogP contribution in [0.15, 0.2) is 12.2 Å². The number of allylic oxidation sites excluding steroid dienone is 1. The predicted molar refractivity (Wildman–Crippen MR) is 89.6 cm³/mol. The average molecular weight is 277 g/mol. The van der Waals surface area contributed by atoms with Gasteiger partial charge in [0.25, 0.3) is 0 Å². The van der Waals surface area contributed by atoms with Gasteiger partial charge in [-0.25, -0.2) is 0 Å². The van der Waals surface area contributed by atoms with Crippen LogP contribution in [0.3, 0.4) is 0 Å². The Balaban J connectivity index is 3.33. The molecule has 0 aromatic heterocycles. The Kier molecular flexibility index (Phi) is 14.1. The van der Waals surface area contributed by atoms with E-state index in [-0.39, 0.29) is 0 Å². The van der Waals surface area contributed by atoms with Crippen LogP contribution in [0, 0.1) is 17.2 Å². The first kappa shape index (κ1) is 19.2. The molecule has 0 aromatic carbocycles. The maximum Gasteiger partial charge on any atom is 0.0940 e. The summed E-state index contributed by atoms with van der Waals surface area (Å²) in [6.07, 6.45) is 17.3. The highest BCUT2D eigenvalue weighted by Gasteiger charge is 2.07. The van der Waals surface area contributed by atoms with Gasteiger partial charge in [0.15, 0.2) is 0 Å². The Hall–Kier alpha value is -0.770. The van der Waals surface area contributed by atoms with Gasteiger partial charge >= 0.3 is 0 Å². The molecule has 0 rings (SSSR count). The van der Waals surface area contributed by atoms with Crippen molar-refractivity contribution in [3.63, 3.8) is 0 Å². The molecule has 0 saturated heterocycles. The summed E-state index contributed by atoms with van der Waals surface area (Å²) in [6, 6.07) is 2.17. The second-order valence-corrected chi connectivity index (χ2v) is 6.16. The molecule has 0 aliphatic heterocycles. The maximum absolute atomic E-state index is 8.78. The van der Waals surface area contributed by atoms with E-state index in [0.29, 0.717) is 5.92 Å². The molecule has 0 fully saturated rings. The summed E-state index contributed by atoms with van der Waals surface area (Å²) in [5.74, 6) is 0.677. The molecule has 0 amide bonds. The van der Waals surface area contributed by atoms with E-state index < -0.39 is 0 Å². The van der Waals surface area contributed by atoms with Crippen molar-refractivity contribution in [2.45, 2.75) is 97.3 Å². The Labute approximate surface area is 127 Å². The van der Waals surface area contributed by atoms with Crippen LogP contribution in [-0.4, -0.2) is 0 Å². The maximum atomic E-state index is 8.78. The highest BCUT2D eigenvalue weighted by atomic mass is 14.2. The summed E-state index contributed by atoms with van der Waals surface area (Å²) in [5.41, 5.74) is 0.754. The zero-order valence-corrected chi connectivity index (χ0v) is 13.9. The van der Waals surface area contributed by atoms with E-state index in [1.54, 1.807) is 0 Å². The van der Waals surface area contributed by atoms with Gasteiger partial charge in [-0.15, -0.1) is 0 Å². The van der Waals surface area contributed by atoms with E-state index in [2.05, 4.69) is 26.5 Å². The van der Waals surface area contributed by atoms with Crippen molar-refractivity contribution < 1.29 is 0 Å². The molecular weight excluding hydrogens is 242 g/mol. The van der Waals surface area contributed by atoms with E-state index in [0.717, 1.165) is 12.0 Å². The lowest BCUT2D eigenvalue weighted by molar-refractivity contribution is 0.437. The summed E-state index contributed by atoms with van der Waals surface area (Å²) in [5, 5.41) is 8.78. The molecule has 116 valence electrons. The molecule has 0 heterocycles. The van der Waals surface area contributed by atoms with Gasteiger partial charge in [-0.2, -0.15) is 5.26 Å². The van der Waals surface area contributed by atoms with Crippen molar-refractivity contribution in [3.8, 4) is 6.07 Å². The minimum atomic E-state index is 0.677. The van der Waals surface area contributed by atoms with Gasteiger partial charge in [0.1, 0.15) is 0 Å². The second-order valence-electron chi connectivity index (χ2n) is 6.16. The third-order valence-electron chi connectivity index (χ3n) is 4.24. The average Bonchev–Trinajstić information content (AvgIpc) is 2.47. The minimum Gasteiger partial charge on any atom is -0.193 e. The third-order valence-corrected chi connectivity index (χ3v) is 4.24. The molecule has 1 heteroatoms. The molecule has 0 N–H and O–H groups in total. The number of rotatable bonds is 14. The molecule has 0 aliphatic rings. The lowest BCUT2D eigenvalue weighted by atomic mass is 9.92. The summed E-state index contributed by atoms with van der Waals surface area (Å²) in [6.45, 7) is 8.30. The van der Waals surface area contributed by atoms with Crippen LogP contribution in [0.1, 0.15) is 97.3 Å². The van der Waals surface area contributed by atoms with Gasteiger partial charge in [-0.1, -0.05) is 97.5 Å². The van der Waals surface area contributed by atoms with E-state index in [1.165, 1.54) is 77.0 Å². The summed E-state index contributed by atoms with van der Waals surface area (Å²) < 4.78 is 0. The molecule has 0 aliphatic carbocycles. The second kappa shape index (κ2) is 14.6. The lowest BCUT2D eigenvalue weighted by Crippen LogP contribution is -1.99. The number of nitriles is 1. The van der Waals surface area contributed by atoms with E-state index >= 15 is 0 Å². The van der Waals surface area contributed by atoms with E-state index in [4.69, 9.17) is 5.26 Å². The standard InChI is InChI=1S/C19H35N/c1-4-6-7-8-9-10-11-12-13-14-15-19(5-2)16-18(3)17-20/h19H,3-16H2,1-2H3/t19-/m1/s1. The van der Waals surface area contributed by atoms with Crippen LogP contribution >= 0.6 is 0 Å². The van der Waals surface area contributed by atoms with Gasteiger partial charge in [-0.3, -0.25) is 0 Å². The summed E-state index contributed by atoms with van der Waals surface area (Å²) in [4.78, 5) is 0. The van der Waals surface area contributed by atoms with Crippen molar-refractivity contribution in [1.29, 1.82) is 5.26 Å². The summed E-state index contributed by atoms with van der Waals surface area (Å²) >= 11 is 0. The van der Waals surface area contributed by atoms with Crippen LogP contribution in [0.25, 0.3) is 0 Å². The van der Waals surface area contributed by atoms with Gasteiger partial charge in [0.2, 0.25) is 0 Å². The van der Waals surface area contributed by atoms with Crippen molar-refractivity contribution >= 4 is 0 Å². The van der Waals surface area contributed by atoms with Crippen LogP contribution in [0.5, 0.6) is 0 Å². The zero-order chi connectivity index (χ0) is 15.1. The molecule has 0 unspecified atom stereocenters. The first-order valence-electron chi connectivity index (χ1n) is 8.82. The fraction of sp³-hybridized carbons (Fsp3) is 0.842. The van der Waals surface area contributed by atoms with Crippen LogP contribution in [-0.2, 0) is 0 Å². The van der Waals surface area contributed by atoms with Gasteiger partial charge < -0.3 is 0 Å². The molecule has 0 aromatic rings. The van der Waals surface area contributed by atoms with Gasteiger partial charge in [0, 0.05) is 5.57 Å². The molecular formula is C19H35N. The van der Waals surface area contributed by atoms with E-state index in [9.17, 15) is 0 Å². The largest absolute Gasteiger partial charge is 0.193 e. The Bertz CT molecular complexity index is 261. The number of nitrogens with zero attached hydrogens (tertiary/aromatic N) is 1. The fourth-order valence-electron chi connectivity index (χ4n) is 2.77. The molecule has 1 nitrogen and oxygen atoms in total. The van der Waals surface area contributed by atoms with Gasteiger partial charge in [-0.05, 0) is 12.3 Å². The summed E-state index contributed by atoms with van der Waals surface area (Å²) in [7, 11) is 0. The predicted octanol–water partition coefficient (Wildman–Crippen LogP) is 6.79. The molecule has 0 bridgehead atoms.